The Morgan fingerprint density at radius 2 is 2.06 bits per heavy atom. The zero-order valence-electron chi connectivity index (χ0n) is 12.0. The molecule has 2 rings (SSSR count). The number of nitrogens with zero attached hydrogens (tertiary/aromatic N) is 1. The Morgan fingerprint density at radius 3 is 2.67 bits per heavy atom. The molecule has 3 heteroatoms. The van der Waals surface area contributed by atoms with Crippen molar-refractivity contribution in [2.75, 3.05) is 6.54 Å². The van der Waals surface area contributed by atoms with E-state index < -0.39 is 11.5 Å². The summed E-state index contributed by atoms with van der Waals surface area (Å²) in [6, 6.07) is 0.479. The quantitative estimate of drug-likeness (QED) is 0.840. The molecular weight excluding hydrogens is 226 g/mol. The first-order valence-electron chi connectivity index (χ1n) is 7.53. The molecular formula is C15H27NO2. The summed E-state index contributed by atoms with van der Waals surface area (Å²) >= 11 is 0. The molecule has 0 spiro atoms. The molecule has 0 aromatic rings. The first-order chi connectivity index (χ1) is 8.53. The van der Waals surface area contributed by atoms with Gasteiger partial charge in [-0.05, 0) is 44.1 Å². The number of aliphatic carboxylic acids is 1. The molecule has 0 aromatic heterocycles. The van der Waals surface area contributed by atoms with Gasteiger partial charge in [0.15, 0.2) is 0 Å². The molecule has 0 radical (unpaired) electrons. The Balaban J connectivity index is 2.23. The van der Waals surface area contributed by atoms with Crippen LogP contribution in [0.4, 0.5) is 0 Å². The minimum absolute atomic E-state index is 0.479. The van der Waals surface area contributed by atoms with Crippen molar-refractivity contribution < 1.29 is 9.90 Å². The highest BCUT2D eigenvalue weighted by Gasteiger charge is 2.50. The maximum atomic E-state index is 11.8. The number of carbonyl (C=O) groups is 1. The molecule has 1 N–H and O–H groups in total. The van der Waals surface area contributed by atoms with Gasteiger partial charge in [0, 0.05) is 6.04 Å². The first kappa shape index (κ1) is 13.9. The van der Waals surface area contributed by atoms with Gasteiger partial charge in [-0.25, -0.2) is 0 Å². The molecule has 1 aliphatic carbocycles. The summed E-state index contributed by atoms with van der Waals surface area (Å²) in [6.07, 6.45) is 6.35. The third-order valence-electron chi connectivity index (χ3n) is 5.59. The molecule has 0 amide bonds. The van der Waals surface area contributed by atoms with E-state index in [9.17, 15) is 9.90 Å². The molecule has 2 aliphatic rings. The smallest absolute Gasteiger partial charge is 0.324 e. The van der Waals surface area contributed by atoms with Crippen LogP contribution in [0.3, 0.4) is 0 Å². The molecule has 2 fully saturated rings. The second-order valence-corrected chi connectivity index (χ2v) is 6.32. The van der Waals surface area contributed by atoms with Crippen molar-refractivity contribution in [2.24, 2.45) is 11.8 Å². The Morgan fingerprint density at radius 1 is 1.33 bits per heavy atom. The average Bonchev–Trinajstić information content (AvgIpc) is 2.77. The second kappa shape index (κ2) is 5.20. The van der Waals surface area contributed by atoms with E-state index in [-0.39, 0.29) is 0 Å². The highest BCUT2D eigenvalue weighted by molar-refractivity contribution is 5.79. The molecule has 0 bridgehead atoms. The summed E-state index contributed by atoms with van der Waals surface area (Å²) in [4.78, 5) is 14.1. The predicted molar refractivity (Wildman–Crippen MR) is 72.6 cm³/mol. The molecule has 1 aliphatic heterocycles. The number of hydrogen-bond donors (Lipinski definition) is 1. The average molecular weight is 253 g/mol. The van der Waals surface area contributed by atoms with Crippen LogP contribution >= 0.6 is 0 Å². The lowest BCUT2D eigenvalue weighted by Crippen LogP contribution is -2.57. The minimum Gasteiger partial charge on any atom is -0.480 e. The van der Waals surface area contributed by atoms with Gasteiger partial charge in [-0.3, -0.25) is 9.69 Å². The molecule has 1 saturated heterocycles. The van der Waals surface area contributed by atoms with Crippen molar-refractivity contribution in [3.05, 3.63) is 0 Å². The highest BCUT2D eigenvalue weighted by Crippen LogP contribution is 2.41. The molecule has 1 saturated carbocycles. The zero-order chi connectivity index (χ0) is 13.3. The van der Waals surface area contributed by atoms with E-state index in [0.717, 1.165) is 31.7 Å². The van der Waals surface area contributed by atoms with Crippen LogP contribution in [0.15, 0.2) is 0 Å². The van der Waals surface area contributed by atoms with Gasteiger partial charge < -0.3 is 5.11 Å². The zero-order valence-corrected chi connectivity index (χ0v) is 12.0. The van der Waals surface area contributed by atoms with Gasteiger partial charge in [0.05, 0.1) is 0 Å². The summed E-state index contributed by atoms with van der Waals surface area (Å²) in [5, 5.41) is 9.68. The van der Waals surface area contributed by atoms with Crippen LogP contribution in [0.2, 0.25) is 0 Å². The SMILES string of the molecule is CCC1(C(=O)O)CCCN1C1CCCC(C)C1C. The lowest BCUT2D eigenvalue weighted by atomic mass is 9.76. The molecule has 104 valence electrons. The lowest BCUT2D eigenvalue weighted by molar-refractivity contribution is -0.153. The third kappa shape index (κ3) is 2.07. The van der Waals surface area contributed by atoms with Gasteiger partial charge in [0.25, 0.3) is 0 Å². The molecule has 0 aromatic carbocycles. The van der Waals surface area contributed by atoms with Crippen molar-refractivity contribution in [1.82, 2.24) is 4.90 Å². The van der Waals surface area contributed by atoms with Crippen LogP contribution in [0.1, 0.15) is 59.3 Å². The highest BCUT2D eigenvalue weighted by atomic mass is 16.4. The fourth-order valence-electron chi connectivity index (χ4n) is 4.14. The summed E-state index contributed by atoms with van der Waals surface area (Å²) in [5.41, 5.74) is -0.573. The number of carboxylic acid groups (broad SMARTS) is 1. The van der Waals surface area contributed by atoms with Gasteiger partial charge in [-0.2, -0.15) is 0 Å². The maximum absolute atomic E-state index is 11.8. The number of rotatable bonds is 3. The monoisotopic (exact) mass is 253 g/mol. The third-order valence-corrected chi connectivity index (χ3v) is 5.59. The van der Waals surface area contributed by atoms with Crippen molar-refractivity contribution in [2.45, 2.75) is 70.9 Å². The number of hydrogen-bond acceptors (Lipinski definition) is 2. The van der Waals surface area contributed by atoms with Gasteiger partial charge in [0.2, 0.25) is 0 Å². The molecule has 4 unspecified atom stereocenters. The van der Waals surface area contributed by atoms with Crippen molar-refractivity contribution in [1.29, 1.82) is 0 Å². The van der Waals surface area contributed by atoms with Gasteiger partial charge in [-0.15, -0.1) is 0 Å². The van der Waals surface area contributed by atoms with Crippen molar-refractivity contribution >= 4 is 5.97 Å². The summed E-state index contributed by atoms with van der Waals surface area (Å²) in [6.45, 7) is 7.64. The molecule has 3 nitrogen and oxygen atoms in total. The van der Waals surface area contributed by atoms with E-state index in [1.54, 1.807) is 0 Å². The van der Waals surface area contributed by atoms with Crippen LogP contribution in [-0.2, 0) is 4.79 Å². The van der Waals surface area contributed by atoms with Crippen molar-refractivity contribution in [3.63, 3.8) is 0 Å². The number of carboxylic acids is 1. The maximum Gasteiger partial charge on any atom is 0.324 e. The lowest BCUT2D eigenvalue weighted by Gasteiger charge is -2.46. The second-order valence-electron chi connectivity index (χ2n) is 6.32. The van der Waals surface area contributed by atoms with Crippen molar-refractivity contribution in [3.8, 4) is 0 Å². The van der Waals surface area contributed by atoms with Crippen LogP contribution in [0, 0.1) is 11.8 Å². The van der Waals surface area contributed by atoms with Crippen LogP contribution in [0.25, 0.3) is 0 Å². The van der Waals surface area contributed by atoms with E-state index in [1.165, 1.54) is 19.3 Å². The molecule has 4 atom stereocenters. The summed E-state index contributed by atoms with van der Waals surface area (Å²) in [5.74, 6) is 0.753. The van der Waals surface area contributed by atoms with E-state index in [2.05, 4.69) is 18.7 Å². The summed E-state index contributed by atoms with van der Waals surface area (Å²) < 4.78 is 0. The predicted octanol–water partition coefficient (Wildman–Crippen LogP) is 3.14. The van der Waals surface area contributed by atoms with Gasteiger partial charge >= 0.3 is 5.97 Å². The topological polar surface area (TPSA) is 40.5 Å². The Hall–Kier alpha value is -0.570. The van der Waals surface area contributed by atoms with Crippen LogP contribution < -0.4 is 0 Å². The Kier molecular flexibility index (Phi) is 4.00. The standard InChI is InChI=1S/C15H27NO2/c1-4-15(14(17)18)9-6-10-16(15)13-8-5-7-11(2)12(13)3/h11-13H,4-10H2,1-3H3,(H,17,18). The van der Waals surface area contributed by atoms with Gasteiger partial charge in [-0.1, -0.05) is 33.6 Å². The van der Waals surface area contributed by atoms with E-state index >= 15 is 0 Å². The van der Waals surface area contributed by atoms with Crippen LogP contribution in [-0.4, -0.2) is 34.1 Å². The normalized spacial score (nSPS) is 42.1. The van der Waals surface area contributed by atoms with Crippen LogP contribution in [0.5, 0.6) is 0 Å². The Labute approximate surface area is 111 Å². The van der Waals surface area contributed by atoms with Gasteiger partial charge in [0.1, 0.15) is 5.54 Å². The van der Waals surface area contributed by atoms with E-state index in [1.807, 2.05) is 6.92 Å². The number of likely N-dealkylation sites (tertiary alicyclic amines) is 1. The fraction of sp³-hybridized carbons (Fsp3) is 0.933. The fourth-order valence-corrected chi connectivity index (χ4v) is 4.14. The Bertz CT molecular complexity index is 318. The minimum atomic E-state index is -0.604. The first-order valence-corrected chi connectivity index (χ1v) is 7.53. The molecule has 18 heavy (non-hydrogen) atoms. The van der Waals surface area contributed by atoms with E-state index in [4.69, 9.17) is 0 Å². The van der Waals surface area contributed by atoms with E-state index in [0.29, 0.717) is 12.0 Å². The summed E-state index contributed by atoms with van der Waals surface area (Å²) in [7, 11) is 0. The largest absolute Gasteiger partial charge is 0.480 e. The molecule has 1 heterocycles.